The summed E-state index contributed by atoms with van der Waals surface area (Å²) in [5, 5.41) is -0.459. The fourth-order valence-electron chi connectivity index (χ4n) is 2.96. The van der Waals surface area contributed by atoms with Gasteiger partial charge in [0.05, 0.1) is 31.8 Å². The number of methoxy groups -OCH3 is 2. The van der Waals surface area contributed by atoms with Gasteiger partial charge in [-0.1, -0.05) is 6.07 Å². The maximum atomic E-state index is 12.7. The summed E-state index contributed by atoms with van der Waals surface area (Å²) in [7, 11) is 3.11. The minimum Gasteiger partial charge on any atom is -0.493 e. The number of rotatable bonds is 8. The molecule has 0 bridgehead atoms. The summed E-state index contributed by atoms with van der Waals surface area (Å²) in [6.07, 6.45) is 1.60. The zero-order valence-electron chi connectivity index (χ0n) is 16.9. The molecule has 0 spiro atoms. The number of thioether (sulfide) groups is 1. The molecule has 3 amide bonds. The van der Waals surface area contributed by atoms with Crippen molar-refractivity contribution in [2.75, 3.05) is 60.3 Å². The van der Waals surface area contributed by atoms with Gasteiger partial charge in [0.2, 0.25) is 5.91 Å². The highest BCUT2D eigenvalue weighted by Gasteiger charge is 2.37. The number of carbonyl (C=O) groups excluding carboxylic acids is 3. The second-order valence-corrected chi connectivity index (χ2v) is 7.51. The molecule has 2 aliphatic heterocycles. The Balaban J connectivity index is 1.69. The van der Waals surface area contributed by atoms with Crippen LogP contribution < -0.4 is 9.47 Å². The van der Waals surface area contributed by atoms with Crippen LogP contribution in [0, 0.1) is 0 Å². The Hall–Kier alpha value is -2.56. The molecular formula is C20H24N2O7S. The smallest absolute Gasteiger partial charge is 0.294 e. The Kier molecular flexibility index (Phi) is 7.72. The highest BCUT2D eigenvalue weighted by molar-refractivity contribution is 8.18. The van der Waals surface area contributed by atoms with Crippen molar-refractivity contribution in [1.29, 1.82) is 0 Å². The van der Waals surface area contributed by atoms with Crippen molar-refractivity contribution in [1.82, 2.24) is 9.80 Å². The zero-order chi connectivity index (χ0) is 21.5. The van der Waals surface area contributed by atoms with Crippen molar-refractivity contribution in [2.24, 2.45) is 0 Å². The summed E-state index contributed by atoms with van der Waals surface area (Å²) in [5.74, 6) is 0.310. The molecule has 2 saturated heterocycles. The van der Waals surface area contributed by atoms with Gasteiger partial charge in [0.15, 0.2) is 11.5 Å². The number of carbonyl (C=O) groups is 3. The van der Waals surface area contributed by atoms with Crippen molar-refractivity contribution in [2.45, 2.75) is 0 Å². The van der Waals surface area contributed by atoms with E-state index in [1.165, 1.54) is 7.11 Å². The molecule has 0 radical (unpaired) electrons. The van der Waals surface area contributed by atoms with Gasteiger partial charge in [0.25, 0.3) is 11.1 Å². The molecule has 0 aliphatic carbocycles. The largest absolute Gasteiger partial charge is 0.493 e. The molecule has 30 heavy (non-hydrogen) atoms. The van der Waals surface area contributed by atoms with E-state index < -0.39 is 11.1 Å². The molecule has 0 N–H and O–H groups in total. The first-order valence-corrected chi connectivity index (χ1v) is 10.3. The van der Waals surface area contributed by atoms with E-state index in [1.807, 2.05) is 0 Å². The fraction of sp³-hybridized carbons (Fsp3) is 0.450. The van der Waals surface area contributed by atoms with Crippen LogP contribution in [-0.4, -0.2) is 87.1 Å². The first kappa shape index (κ1) is 22.1. The topological polar surface area (TPSA) is 94.6 Å². The third kappa shape index (κ3) is 5.32. The number of ether oxygens (including phenoxy) is 4. The van der Waals surface area contributed by atoms with Gasteiger partial charge in [-0.3, -0.25) is 19.3 Å². The van der Waals surface area contributed by atoms with Crippen molar-refractivity contribution < 1.29 is 33.3 Å². The first-order chi connectivity index (χ1) is 14.5. The molecule has 2 heterocycles. The normalized spacial score (nSPS) is 18.3. The maximum absolute atomic E-state index is 12.7. The van der Waals surface area contributed by atoms with E-state index in [9.17, 15) is 14.4 Å². The third-order valence-electron chi connectivity index (χ3n) is 4.56. The van der Waals surface area contributed by atoms with Crippen LogP contribution in [0.4, 0.5) is 4.79 Å². The summed E-state index contributed by atoms with van der Waals surface area (Å²) >= 11 is 0.814. The minimum absolute atomic E-state index is 0.255. The van der Waals surface area contributed by atoms with Gasteiger partial charge >= 0.3 is 0 Å². The number of nitrogens with zero attached hydrogens (tertiary/aromatic N) is 2. The number of hydrogen-bond donors (Lipinski definition) is 0. The summed E-state index contributed by atoms with van der Waals surface area (Å²) in [6.45, 7) is 2.40. The standard InChI is InChI=1S/C20H24N2O7S/c1-26-9-10-29-15-4-3-14(11-16(15)27-2)12-17-19(24)22(20(25)30-17)13-18(23)21-5-7-28-8-6-21/h3-4,11-12H,5-10,13H2,1-2H3/b17-12-. The van der Waals surface area contributed by atoms with E-state index in [4.69, 9.17) is 18.9 Å². The van der Waals surface area contributed by atoms with Gasteiger partial charge in [-0.05, 0) is 35.5 Å². The lowest BCUT2D eigenvalue weighted by Crippen LogP contribution is -2.46. The number of amides is 3. The first-order valence-electron chi connectivity index (χ1n) is 9.44. The van der Waals surface area contributed by atoms with Crippen molar-refractivity contribution >= 4 is 34.9 Å². The van der Waals surface area contributed by atoms with E-state index in [0.717, 1.165) is 16.7 Å². The van der Waals surface area contributed by atoms with Gasteiger partial charge in [-0.25, -0.2) is 0 Å². The highest BCUT2D eigenvalue weighted by atomic mass is 32.2. The van der Waals surface area contributed by atoms with Crippen LogP contribution in [0.1, 0.15) is 5.56 Å². The second-order valence-electron chi connectivity index (χ2n) is 6.51. The highest BCUT2D eigenvalue weighted by Crippen LogP contribution is 2.34. The monoisotopic (exact) mass is 436 g/mol. The molecule has 10 heteroatoms. The molecular weight excluding hydrogens is 412 g/mol. The molecule has 2 aliphatic rings. The average Bonchev–Trinajstić information content (AvgIpc) is 3.02. The molecule has 1 aromatic carbocycles. The third-order valence-corrected chi connectivity index (χ3v) is 5.47. The van der Waals surface area contributed by atoms with Crippen LogP contribution in [0.2, 0.25) is 0 Å². The molecule has 0 atom stereocenters. The Morgan fingerprint density at radius 2 is 1.93 bits per heavy atom. The lowest BCUT2D eigenvalue weighted by molar-refractivity contribution is -0.139. The van der Waals surface area contributed by atoms with E-state index in [0.29, 0.717) is 56.6 Å². The summed E-state index contributed by atoms with van der Waals surface area (Å²) in [4.78, 5) is 40.2. The van der Waals surface area contributed by atoms with Crippen LogP contribution >= 0.6 is 11.8 Å². The Morgan fingerprint density at radius 3 is 2.63 bits per heavy atom. The van der Waals surface area contributed by atoms with Crippen molar-refractivity contribution in [3.05, 3.63) is 28.7 Å². The quantitative estimate of drug-likeness (QED) is 0.448. The number of benzene rings is 1. The van der Waals surface area contributed by atoms with Crippen molar-refractivity contribution in [3.8, 4) is 11.5 Å². The van der Waals surface area contributed by atoms with E-state index in [1.54, 1.807) is 36.3 Å². The number of imide groups is 1. The summed E-state index contributed by atoms with van der Waals surface area (Å²) < 4.78 is 21.1. The molecule has 2 fully saturated rings. The lowest BCUT2D eigenvalue weighted by atomic mass is 10.2. The molecule has 3 rings (SSSR count). The van der Waals surface area contributed by atoms with Gasteiger partial charge in [0.1, 0.15) is 13.2 Å². The van der Waals surface area contributed by atoms with E-state index in [2.05, 4.69) is 0 Å². The Labute approximate surface area is 178 Å². The summed E-state index contributed by atoms with van der Waals surface area (Å²) in [6, 6.07) is 5.21. The fourth-order valence-corrected chi connectivity index (χ4v) is 3.80. The average molecular weight is 436 g/mol. The van der Waals surface area contributed by atoms with Crippen LogP contribution in [0.5, 0.6) is 11.5 Å². The maximum Gasteiger partial charge on any atom is 0.294 e. The Morgan fingerprint density at radius 1 is 1.17 bits per heavy atom. The predicted octanol–water partition coefficient (Wildman–Crippen LogP) is 1.62. The molecule has 0 aromatic heterocycles. The molecule has 9 nitrogen and oxygen atoms in total. The summed E-state index contributed by atoms with van der Waals surface area (Å²) in [5.41, 5.74) is 0.677. The molecule has 0 unspecified atom stereocenters. The Bertz CT molecular complexity index is 836. The predicted molar refractivity (Wildman–Crippen MR) is 110 cm³/mol. The SMILES string of the molecule is COCCOc1ccc(/C=C2\SC(=O)N(CC(=O)N3CCOCC3)C2=O)cc1OC. The molecule has 1 aromatic rings. The van der Waals surface area contributed by atoms with Gasteiger partial charge in [-0.15, -0.1) is 0 Å². The van der Waals surface area contributed by atoms with Gasteiger partial charge in [0, 0.05) is 20.2 Å². The zero-order valence-corrected chi connectivity index (χ0v) is 17.7. The van der Waals surface area contributed by atoms with Crippen LogP contribution in [0.3, 0.4) is 0 Å². The van der Waals surface area contributed by atoms with Crippen LogP contribution in [0.25, 0.3) is 6.08 Å². The number of hydrogen-bond acceptors (Lipinski definition) is 8. The van der Waals surface area contributed by atoms with Crippen LogP contribution in [0.15, 0.2) is 23.1 Å². The lowest BCUT2D eigenvalue weighted by Gasteiger charge is -2.28. The minimum atomic E-state index is -0.481. The molecule has 162 valence electrons. The van der Waals surface area contributed by atoms with Crippen LogP contribution in [-0.2, 0) is 19.1 Å². The van der Waals surface area contributed by atoms with E-state index >= 15 is 0 Å². The second kappa shape index (κ2) is 10.5. The van der Waals surface area contributed by atoms with E-state index in [-0.39, 0.29) is 17.4 Å². The van der Waals surface area contributed by atoms with Crippen molar-refractivity contribution in [3.63, 3.8) is 0 Å². The molecule has 0 saturated carbocycles. The van der Waals surface area contributed by atoms with Gasteiger partial charge < -0.3 is 23.8 Å². The number of morpholine rings is 1. The van der Waals surface area contributed by atoms with Gasteiger partial charge in [-0.2, -0.15) is 0 Å².